The molecule has 132 valence electrons. The van der Waals surface area contributed by atoms with Crippen LogP contribution in [0, 0.1) is 6.92 Å². The van der Waals surface area contributed by atoms with Crippen molar-refractivity contribution in [3.63, 3.8) is 0 Å². The maximum atomic E-state index is 12.3. The van der Waals surface area contributed by atoms with Crippen molar-refractivity contribution in [3.8, 4) is 5.75 Å². The summed E-state index contributed by atoms with van der Waals surface area (Å²) in [5.74, 6) is -0.985. The van der Waals surface area contributed by atoms with Gasteiger partial charge in [-0.05, 0) is 31.5 Å². The molecule has 1 aromatic rings. The number of aliphatic carboxylic acids is 1. The summed E-state index contributed by atoms with van der Waals surface area (Å²) < 4.78 is 5.53. The predicted molar refractivity (Wildman–Crippen MR) is 88.8 cm³/mol. The second kappa shape index (κ2) is 9.54. The molecule has 7 nitrogen and oxygen atoms in total. The number of carbonyl (C=O) groups excluding carboxylic acids is 2. The van der Waals surface area contributed by atoms with E-state index in [-0.39, 0.29) is 37.9 Å². The number of carboxylic acid groups (broad SMARTS) is 1. The molecule has 0 fully saturated rings. The number of amides is 2. The first-order chi connectivity index (χ1) is 11.3. The molecule has 0 saturated carbocycles. The number of carbonyl (C=O) groups is 3. The van der Waals surface area contributed by atoms with Crippen molar-refractivity contribution in [2.75, 3.05) is 19.7 Å². The molecule has 2 amide bonds. The summed E-state index contributed by atoms with van der Waals surface area (Å²) in [6.07, 6.45) is 0.0611. The molecule has 7 heteroatoms. The number of ether oxygens (including phenoxy) is 1. The third-order valence-electron chi connectivity index (χ3n) is 3.45. The highest BCUT2D eigenvalue weighted by Crippen LogP contribution is 2.13. The van der Waals surface area contributed by atoms with E-state index in [0.29, 0.717) is 5.75 Å². The molecule has 0 saturated heterocycles. The van der Waals surface area contributed by atoms with Gasteiger partial charge >= 0.3 is 5.97 Å². The van der Waals surface area contributed by atoms with Gasteiger partial charge in [0.15, 0.2) is 0 Å². The van der Waals surface area contributed by atoms with E-state index in [0.717, 1.165) is 5.56 Å². The Bertz CT molecular complexity index is 588. The SMILES string of the molecule is CC(=O)NCCN(C(=O)CCOc1cccc(C)c1)C(C)C(=O)O. The average molecular weight is 336 g/mol. The quantitative estimate of drug-likeness (QED) is 0.706. The average Bonchev–Trinajstić information content (AvgIpc) is 2.50. The van der Waals surface area contributed by atoms with E-state index in [9.17, 15) is 14.4 Å². The summed E-state index contributed by atoms with van der Waals surface area (Å²) in [4.78, 5) is 35.6. The molecule has 1 rings (SSSR count). The largest absolute Gasteiger partial charge is 0.493 e. The monoisotopic (exact) mass is 336 g/mol. The molecule has 0 bridgehead atoms. The Labute approximate surface area is 141 Å². The highest BCUT2D eigenvalue weighted by Gasteiger charge is 2.25. The van der Waals surface area contributed by atoms with Crippen LogP contribution in [0.5, 0.6) is 5.75 Å². The topological polar surface area (TPSA) is 95.9 Å². The summed E-state index contributed by atoms with van der Waals surface area (Å²) >= 11 is 0. The molecule has 0 aromatic heterocycles. The molecular formula is C17H24N2O5. The van der Waals surface area contributed by atoms with Gasteiger partial charge in [0.25, 0.3) is 0 Å². The van der Waals surface area contributed by atoms with Crippen molar-refractivity contribution in [1.29, 1.82) is 0 Å². The van der Waals surface area contributed by atoms with Crippen LogP contribution in [0.2, 0.25) is 0 Å². The van der Waals surface area contributed by atoms with Gasteiger partial charge in [-0.1, -0.05) is 12.1 Å². The summed E-state index contributed by atoms with van der Waals surface area (Å²) in [6.45, 7) is 5.24. The second-order valence-electron chi connectivity index (χ2n) is 5.50. The van der Waals surface area contributed by atoms with Crippen LogP contribution in [0.3, 0.4) is 0 Å². The van der Waals surface area contributed by atoms with Crippen LogP contribution in [-0.4, -0.2) is 53.5 Å². The number of nitrogens with zero attached hydrogens (tertiary/aromatic N) is 1. The molecule has 0 spiro atoms. The van der Waals surface area contributed by atoms with Crippen molar-refractivity contribution in [2.45, 2.75) is 33.2 Å². The molecule has 0 heterocycles. The van der Waals surface area contributed by atoms with Crippen LogP contribution in [0.15, 0.2) is 24.3 Å². The van der Waals surface area contributed by atoms with Gasteiger partial charge in [0.05, 0.1) is 13.0 Å². The number of hydrogen-bond acceptors (Lipinski definition) is 4. The highest BCUT2D eigenvalue weighted by molar-refractivity contribution is 5.83. The van der Waals surface area contributed by atoms with Gasteiger partial charge in [-0.25, -0.2) is 4.79 Å². The number of hydrogen-bond donors (Lipinski definition) is 2. The zero-order valence-electron chi connectivity index (χ0n) is 14.2. The van der Waals surface area contributed by atoms with Crippen molar-refractivity contribution in [3.05, 3.63) is 29.8 Å². The Hall–Kier alpha value is -2.57. The Morgan fingerprint density at radius 3 is 2.62 bits per heavy atom. The fraction of sp³-hybridized carbons (Fsp3) is 0.471. The van der Waals surface area contributed by atoms with Crippen molar-refractivity contribution in [1.82, 2.24) is 10.2 Å². The molecule has 1 aromatic carbocycles. The Kier molecular flexibility index (Phi) is 7.74. The lowest BCUT2D eigenvalue weighted by Gasteiger charge is -2.26. The Balaban J connectivity index is 2.56. The number of benzene rings is 1. The molecule has 0 aliphatic rings. The van der Waals surface area contributed by atoms with Crippen LogP contribution in [0.25, 0.3) is 0 Å². The number of carboxylic acids is 1. The molecule has 24 heavy (non-hydrogen) atoms. The third-order valence-corrected chi connectivity index (χ3v) is 3.45. The van der Waals surface area contributed by atoms with Gasteiger partial charge in [-0.3, -0.25) is 9.59 Å². The molecular weight excluding hydrogens is 312 g/mol. The van der Waals surface area contributed by atoms with Crippen molar-refractivity contribution in [2.24, 2.45) is 0 Å². The first kappa shape index (κ1) is 19.5. The third kappa shape index (κ3) is 6.68. The number of aryl methyl sites for hydroxylation is 1. The van der Waals surface area contributed by atoms with Crippen molar-refractivity contribution >= 4 is 17.8 Å². The molecule has 2 N–H and O–H groups in total. The lowest BCUT2D eigenvalue weighted by molar-refractivity contribution is -0.149. The predicted octanol–water partition coefficient (Wildman–Crippen LogP) is 1.20. The Morgan fingerprint density at radius 1 is 1.33 bits per heavy atom. The van der Waals surface area contributed by atoms with E-state index in [1.54, 1.807) is 6.07 Å². The van der Waals surface area contributed by atoms with E-state index in [1.165, 1.54) is 18.7 Å². The zero-order valence-corrected chi connectivity index (χ0v) is 14.2. The maximum Gasteiger partial charge on any atom is 0.326 e. The Morgan fingerprint density at radius 2 is 2.04 bits per heavy atom. The lowest BCUT2D eigenvalue weighted by atomic mass is 10.2. The minimum absolute atomic E-state index is 0.0611. The molecule has 0 radical (unpaired) electrons. The summed E-state index contributed by atoms with van der Waals surface area (Å²) in [6, 6.07) is 6.49. The van der Waals surface area contributed by atoms with E-state index in [2.05, 4.69) is 5.32 Å². The lowest BCUT2D eigenvalue weighted by Crippen LogP contribution is -2.47. The molecule has 0 aliphatic carbocycles. The molecule has 1 unspecified atom stereocenters. The minimum Gasteiger partial charge on any atom is -0.493 e. The van der Waals surface area contributed by atoms with Crippen LogP contribution in [0.1, 0.15) is 25.8 Å². The van der Waals surface area contributed by atoms with E-state index < -0.39 is 12.0 Å². The summed E-state index contributed by atoms with van der Waals surface area (Å²) in [5, 5.41) is 11.7. The first-order valence-electron chi connectivity index (χ1n) is 7.77. The van der Waals surface area contributed by atoms with Gasteiger partial charge in [-0.2, -0.15) is 0 Å². The summed E-state index contributed by atoms with van der Waals surface area (Å²) in [5.41, 5.74) is 1.05. The normalized spacial score (nSPS) is 11.5. The smallest absolute Gasteiger partial charge is 0.326 e. The molecule has 1 atom stereocenters. The van der Waals surface area contributed by atoms with Crippen molar-refractivity contribution < 1.29 is 24.2 Å². The fourth-order valence-electron chi connectivity index (χ4n) is 2.12. The first-order valence-corrected chi connectivity index (χ1v) is 7.77. The zero-order chi connectivity index (χ0) is 18.1. The van der Waals surface area contributed by atoms with E-state index in [1.807, 2.05) is 25.1 Å². The van der Waals surface area contributed by atoms with Crippen LogP contribution in [-0.2, 0) is 14.4 Å². The van der Waals surface area contributed by atoms with Gasteiger partial charge in [0.1, 0.15) is 11.8 Å². The number of rotatable bonds is 9. The van der Waals surface area contributed by atoms with Gasteiger partial charge in [0, 0.05) is 20.0 Å². The second-order valence-corrected chi connectivity index (χ2v) is 5.50. The fourth-order valence-corrected chi connectivity index (χ4v) is 2.12. The maximum absolute atomic E-state index is 12.3. The van der Waals surface area contributed by atoms with Gasteiger partial charge in [-0.15, -0.1) is 0 Å². The van der Waals surface area contributed by atoms with Gasteiger partial charge in [0.2, 0.25) is 11.8 Å². The highest BCUT2D eigenvalue weighted by atomic mass is 16.5. The number of nitrogens with one attached hydrogen (secondary N) is 1. The van der Waals surface area contributed by atoms with E-state index in [4.69, 9.17) is 9.84 Å². The van der Waals surface area contributed by atoms with E-state index >= 15 is 0 Å². The van der Waals surface area contributed by atoms with Gasteiger partial charge < -0.3 is 20.1 Å². The van der Waals surface area contributed by atoms with Crippen LogP contribution >= 0.6 is 0 Å². The minimum atomic E-state index is -1.09. The molecule has 0 aliphatic heterocycles. The van der Waals surface area contributed by atoms with Crippen LogP contribution < -0.4 is 10.1 Å². The van der Waals surface area contributed by atoms with Crippen LogP contribution in [0.4, 0.5) is 0 Å². The standard InChI is InChI=1S/C17H24N2O5/c1-12-5-4-6-15(11-12)24-10-7-16(21)19(13(2)17(22)23)9-8-18-14(3)20/h4-6,11,13H,7-10H2,1-3H3,(H,18,20)(H,22,23). The summed E-state index contributed by atoms with van der Waals surface area (Å²) in [7, 11) is 0.